The van der Waals surface area contributed by atoms with Gasteiger partial charge in [-0.15, -0.1) is 0 Å². The number of hydrogen-bond donors (Lipinski definition) is 1. The lowest BCUT2D eigenvalue weighted by atomic mass is 9.97. The molecule has 0 aliphatic carbocycles. The zero-order valence-electron chi connectivity index (χ0n) is 14.5. The first-order valence-corrected chi connectivity index (χ1v) is 8.57. The fourth-order valence-corrected chi connectivity index (χ4v) is 3.49. The number of carboxylic acid groups (broad SMARTS) is 1. The van der Waals surface area contributed by atoms with E-state index in [9.17, 15) is 15.2 Å². The molecule has 0 atom stereocenters. The van der Waals surface area contributed by atoms with E-state index >= 15 is 0 Å². The Morgan fingerprint density at radius 2 is 1.81 bits per heavy atom. The van der Waals surface area contributed by atoms with Crippen LogP contribution in [-0.4, -0.2) is 15.6 Å². The Bertz CT molecular complexity index is 1030. The number of rotatable bonds is 4. The monoisotopic (exact) mass is 364 g/mol. The lowest BCUT2D eigenvalue weighted by molar-refractivity contribution is 0.0687. The van der Waals surface area contributed by atoms with Crippen LogP contribution in [0.3, 0.4) is 0 Å². The first kappa shape index (κ1) is 17.8. The summed E-state index contributed by atoms with van der Waals surface area (Å²) in [6.45, 7) is 1.91. The molecule has 0 unspecified atom stereocenters. The highest BCUT2D eigenvalue weighted by Gasteiger charge is 2.25. The second-order valence-corrected chi connectivity index (χ2v) is 6.40. The minimum Gasteiger partial charge on any atom is -0.477 e. The molecule has 0 aliphatic rings. The highest BCUT2D eigenvalue weighted by molar-refractivity contribution is 6.30. The largest absolute Gasteiger partial charge is 0.477 e. The SMILES string of the molecule is CCc1c(C#N)c(-c2ccc(-c3cccc(Cl)c3)cc2)c(C(=O)O)n1C. The van der Waals surface area contributed by atoms with Crippen molar-refractivity contribution in [2.75, 3.05) is 0 Å². The summed E-state index contributed by atoms with van der Waals surface area (Å²) in [5, 5.41) is 19.9. The van der Waals surface area contributed by atoms with Gasteiger partial charge in [0.25, 0.3) is 0 Å². The molecule has 2 aromatic carbocycles. The summed E-state index contributed by atoms with van der Waals surface area (Å²) in [5.74, 6) is -1.04. The zero-order chi connectivity index (χ0) is 18.8. The lowest BCUT2D eigenvalue weighted by Crippen LogP contribution is -2.07. The topological polar surface area (TPSA) is 66.0 Å². The van der Waals surface area contributed by atoms with Crippen molar-refractivity contribution in [2.24, 2.45) is 7.05 Å². The van der Waals surface area contributed by atoms with Crippen molar-refractivity contribution in [3.05, 3.63) is 70.5 Å². The maximum atomic E-state index is 11.8. The predicted octanol–water partition coefficient (Wildman–Crippen LogP) is 5.14. The van der Waals surface area contributed by atoms with Gasteiger partial charge in [-0.05, 0) is 35.2 Å². The van der Waals surface area contributed by atoms with Crippen LogP contribution >= 0.6 is 11.6 Å². The molecule has 0 aliphatic heterocycles. The zero-order valence-corrected chi connectivity index (χ0v) is 15.2. The number of aromatic carboxylic acids is 1. The molecule has 1 aromatic heterocycles. The normalized spacial score (nSPS) is 10.5. The molecule has 0 saturated carbocycles. The van der Waals surface area contributed by atoms with Crippen molar-refractivity contribution < 1.29 is 9.90 Å². The van der Waals surface area contributed by atoms with Crippen LogP contribution in [0.1, 0.15) is 28.7 Å². The lowest BCUT2D eigenvalue weighted by Gasteiger charge is -2.07. The van der Waals surface area contributed by atoms with Crippen molar-refractivity contribution in [3.63, 3.8) is 0 Å². The van der Waals surface area contributed by atoms with Crippen LogP contribution in [0.4, 0.5) is 0 Å². The van der Waals surface area contributed by atoms with Gasteiger partial charge in [-0.2, -0.15) is 5.26 Å². The molecule has 0 fully saturated rings. The highest BCUT2D eigenvalue weighted by atomic mass is 35.5. The minimum atomic E-state index is -1.04. The molecule has 0 bridgehead atoms. The quantitative estimate of drug-likeness (QED) is 0.696. The van der Waals surface area contributed by atoms with Gasteiger partial charge in [0.15, 0.2) is 0 Å². The van der Waals surface area contributed by atoms with Crippen LogP contribution in [0.2, 0.25) is 5.02 Å². The minimum absolute atomic E-state index is 0.133. The van der Waals surface area contributed by atoms with E-state index in [2.05, 4.69) is 6.07 Å². The molecule has 0 amide bonds. The fourth-order valence-electron chi connectivity index (χ4n) is 3.30. The van der Waals surface area contributed by atoms with Gasteiger partial charge < -0.3 is 9.67 Å². The Morgan fingerprint density at radius 1 is 1.15 bits per heavy atom. The highest BCUT2D eigenvalue weighted by Crippen LogP contribution is 2.34. The Labute approximate surface area is 156 Å². The van der Waals surface area contributed by atoms with E-state index in [1.807, 2.05) is 55.5 Å². The Morgan fingerprint density at radius 3 is 2.35 bits per heavy atom. The van der Waals surface area contributed by atoms with Crippen LogP contribution in [-0.2, 0) is 13.5 Å². The number of nitriles is 1. The first-order chi connectivity index (χ1) is 12.5. The Hall–Kier alpha value is -3.03. The Kier molecular flexibility index (Phi) is 4.83. The smallest absolute Gasteiger partial charge is 0.353 e. The molecule has 26 heavy (non-hydrogen) atoms. The second-order valence-electron chi connectivity index (χ2n) is 5.96. The number of hydrogen-bond acceptors (Lipinski definition) is 2. The number of carboxylic acids is 1. The van der Waals surface area contributed by atoms with E-state index in [4.69, 9.17) is 11.6 Å². The third kappa shape index (κ3) is 2.98. The van der Waals surface area contributed by atoms with E-state index in [1.165, 1.54) is 0 Å². The fraction of sp³-hybridized carbons (Fsp3) is 0.143. The van der Waals surface area contributed by atoms with Gasteiger partial charge in [0, 0.05) is 23.3 Å². The van der Waals surface area contributed by atoms with Crippen molar-refractivity contribution >= 4 is 17.6 Å². The molecule has 4 nitrogen and oxygen atoms in total. The summed E-state index contributed by atoms with van der Waals surface area (Å²) in [5.41, 5.74) is 4.40. The molecule has 0 spiro atoms. The summed E-state index contributed by atoms with van der Waals surface area (Å²) in [7, 11) is 1.69. The van der Waals surface area contributed by atoms with E-state index in [1.54, 1.807) is 11.6 Å². The molecule has 0 saturated heterocycles. The summed E-state index contributed by atoms with van der Waals surface area (Å²) >= 11 is 6.05. The van der Waals surface area contributed by atoms with Crippen LogP contribution in [0.25, 0.3) is 22.3 Å². The number of carbonyl (C=O) groups is 1. The summed E-state index contributed by atoms with van der Waals surface area (Å²) in [4.78, 5) is 11.8. The summed E-state index contributed by atoms with van der Waals surface area (Å²) in [6, 6.07) is 17.2. The van der Waals surface area contributed by atoms with Crippen LogP contribution in [0.15, 0.2) is 48.5 Å². The van der Waals surface area contributed by atoms with Gasteiger partial charge in [-0.25, -0.2) is 4.79 Å². The molecule has 3 aromatic rings. The summed E-state index contributed by atoms with van der Waals surface area (Å²) in [6.07, 6.45) is 0.584. The van der Waals surface area contributed by atoms with Gasteiger partial charge >= 0.3 is 5.97 Å². The van der Waals surface area contributed by atoms with Crippen molar-refractivity contribution in [2.45, 2.75) is 13.3 Å². The number of halogens is 1. The number of aromatic nitrogens is 1. The maximum Gasteiger partial charge on any atom is 0.353 e. The number of nitrogens with zero attached hydrogens (tertiary/aromatic N) is 2. The van der Waals surface area contributed by atoms with Crippen molar-refractivity contribution in [1.29, 1.82) is 5.26 Å². The van der Waals surface area contributed by atoms with Crippen LogP contribution in [0, 0.1) is 11.3 Å². The van der Waals surface area contributed by atoms with E-state index in [0.29, 0.717) is 28.1 Å². The van der Waals surface area contributed by atoms with Gasteiger partial charge in [0.1, 0.15) is 11.8 Å². The molecule has 3 rings (SSSR count). The molecule has 5 heteroatoms. The van der Waals surface area contributed by atoms with Crippen molar-refractivity contribution in [3.8, 4) is 28.3 Å². The van der Waals surface area contributed by atoms with E-state index in [-0.39, 0.29) is 5.69 Å². The molecular weight excluding hydrogens is 348 g/mol. The average molecular weight is 365 g/mol. The summed E-state index contributed by atoms with van der Waals surface area (Å²) < 4.78 is 1.60. The standard InChI is InChI=1S/C21H17ClN2O2/c1-3-18-17(12-23)19(20(21(25)26)24(18)2)14-9-7-13(8-10-14)15-5-4-6-16(22)11-15/h4-11H,3H2,1-2H3,(H,25,26). The van der Waals surface area contributed by atoms with Crippen molar-refractivity contribution in [1.82, 2.24) is 4.57 Å². The predicted molar refractivity (Wildman–Crippen MR) is 102 cm³/mol. The van der Waals surface area contributed by atoms with Crippen LogP contribution < -0.4 is 0 Å². The molecule has 1 N–H and O–H groups in total. The van der Waals surface area contributed by atoms with E-state index < -0.39 is 5.97 Å². The molecule has 130 valence electrons. The van der Waals surface area contributed by atoms with Gasteiger partial charge in [-0.1, -0.05) is 54.9 Å². The average Bonchev–Trinajstić information content (AvgIpc) is 2.93. The van der Waals surface area contributed by atoms with Gasteiger partial charge in [-0.3, -0.25) is 0 Å². The first-order valence-electron chi connectivity index (χ1n) is 8.19. The van der Waals surface area contributed by atoms with Gasteiger partial charge in [0.05, 0.1) is 5.56 Å². The molecular formula is C21H17ClN2O2. The van der Waals surface area contributed by atoms with Gasteiger partial charge in [0.2, 0.25) is 0 Å². The van der Waals surface area contributed by atoms with Crippen LogP contribution in [0.5, 0.6) is 0 Å². The Balaban J connectivity index is 2.16. The molecule has 1 heterocycles. The van der Waals surface area contributed by atoms with E-state index in [0.717, 1.165) is 16.8 Å². The third-order valence-corrected chi connectivity index (χ3v) is 4.73. The maximum absolute atomic E-state index is 11.8. The number of benzene rings is 2. The second kappa shape index (κ2) is 7.07. The third-order valence-electron chi connectivity index (χ3n) is 4.50. The molecule has 0 radical (unpaired) electrons.